The number of aromatic nitrogens is 1. The predicted molar refractivity (Wildman–Crippen MR) is 74.1 cm³/mol. The van der Waals surface area contributed by atoms with Crippen LogP contribution in [0.25, 0.3) is 0 Å². The molecule has 0 aliphatic carbocycles. The summed E-state index contributed by atoms with van der Waals surface area (Å²) >= 11 is 0. The van der Waals surface area contributed by atoms with Gasteiger partial charge in [-0.25, -0.2) is 4.98 Å². The summed E-state index contributed by atoms with van der Waals surface area (Å²) in [6.45, 7) is 5.50. The molecular weight excluding hydrogens is 224 g/mol. The molecule has 0 fully saturated rings. The first kappa shape index (κ1) is 12.4. The van der Waals surface area contributed by atoms with Crippen LogP contribution in [0.2, 0.25) is 0 Å². The van der Waals surface area contributed by atoms with Crippen LogP contribution in [0, 0.1) is 13.8 Å². The predicted octanol–water partition coefficient (Wildman–Crippen LogP) is 3.19. The van der Waals surface area contributed by atoms with Crippen molar-refractivity contribution in [1.29, 1.82) is 0 Å². The van der Waals surface area contributed by atoms with Gasteiger partial charge < -0.3 is 10.1 Å². The lowest BCUT2D eigenvalue weighted by atomic mass is 10.1. The van der Waals surface area contributed by atoms with Gasteiger partial charge in [-0.05, 0) is 37.1 Å². The SMILES string of the molecule is Cc1cccc(C)c1OCCNc1ccccn1. The van der Waals surface area contributed by atoms with Crippen molar-refractivity contribution >= 4 is 5.82 Å². The first-order chi connectivity index (χ1) is 8.77. The third kappa shape index (κ3) is 3.23. The Morgan fingerprint density at radius 1 is 1.06 bits per heavy atom. The molecule has 0 amide bonds. The number of aryl methyl sites for hydroxylation is 2. The molecule has 94 valence electrons. The molecule has 1 aromatic heterocycles. The van der Waals surface area contributed by atoms with Gasteiger partial charge >= 0.3 is 0 Å². The molecule has 3 nitrogen and oxygen atoms in total. The Hall–Kier alpha value is -2.03. The molecule has 1 N–H and O–H groups in total. The molecule has 0 atom stereocenters. The van der Waals surface area contributed by atoms with Crippen LogP contribution in [-0.2, 0) is 0 Å². The normalized spacial score (nSPS) is 10.1. The number of hydrogen-bond donors (Lipinski definition) is 1. The van der Waals surface area contributed by atoms with Gasteiger partial charge in [0.15, 0.2) is 0 Å². The highest BCUT2D eigenvalue weighted by atomic mass is 16.5. The van der Waals surface area contributed by atoms with E-state index in [0.717, 1.165) is 18.1 Å². The summed E-state index contributed by atoms with van der Waals surface area (Å²) in [7, 11) is 0. The van der Waals surface area contributed by atoms with E-state index in [1.54, 1.807) is 6.20 Å². The summed E-state index contributed by atoms with van der Waals surface area (Å²) in [4.78, 5) is 4.19. The first-order valence-corrected chi connectivity index (χ1v) is 6.11. The Morgan fingerprint density at radius 3 is 2.50 bits per heavy atom. The number of rotatable bonds is 5. The molecule has 0 saturated heterocycles. The molecule has 1 aromatic carbocycles. The second kappa shape index (κ2) is 6.05. The zero-order valence-corrected chi connectivity index (χ0v) is 10.8. The summed E-state index contributed by atoms with van der Waals surface area (Å²) < 4.78 is 5.80. The topological polar surface area (TPSA) is 34.1 Å². The molecule has 2 aromatic rings. The quantitative estimate of drug-likeness (QED) is 0.818. The van der Waals surface area contributed by atoms with Gasteiger partial charge in [-0.2, -0.15) is 0 Å². The maximum absolute atomic E-state index is 5.80. The van der Waals surface area contributed by atoms with E-state index >= 15 is 0 Å². The van der Waals surface area contributed by atoms with Gasteiger partial charge in [0.2, 0.25) is 0 Å². The maximum Gasteiger partial charge on any atom is 0.125 e. The molecule has 2 rings (SSSR count). The number of nitrogens with one attached hydrogen (secondary N) is 1. The molecule has 0 unspecified atom stereocenters. The van der Waals surface area contributed by atoms with Crippen LogP contribution in [-0.4, -0.2) is 18.1 Å². The Labute approximate surface area is 108 Å². The van der Waals surface area contributed by atoms with E-state index in [1.807, 2.05) is 24.3 Å². The van der Waals surface area contributed by atoms with Gasteiger partial charge in [-0.15, -0.1) is 0 Å². The summed E-state index contributed by atoms with van der Waals surface area (Å²) in [6.07, 6.45) is 1.77. The van der Waals surface area contributed by atoms with Crippen molar-refractivity contribution in [2.75, 3.05) is 18.5 Å². The lowest BCUT2D eigenvalue weighted by Gasteiger charge is -2.12. The number of hydrogen-bond acceptors (Lipinski definition) is 3. The number of benzene rings is 1. The monoisotopic (exact) mass is 242 g/mol. The fourth-order valence-corrected chi connectivity index (χ4v) is 1.83. The standard InChI is InChI=1S/C15H18N2O/c1-12-6-5-7-13(2)15(12)18-11-10-17-14-8-3-4-9-16-14/h3-9H,10-11H2,1-2H3,(H,16,17). The highest BCUT2D eigenvalue weighted by Crippen LogP contribution is 2.21. The highest BCUT2D eigenvalue weighted by Gasteiger charge is 2.02. The van der Waals surface area contributed by atoms with E-state index in [-0.39, 0.29) is 0 Å². The van der Waals surface area contributed by atoms with Crippen molar-refractivity contribution in [1.82, 2.24) is 4.98 Å². The summed E-state index contributed by atoms with van der Waals surface area (Å²) in [6, 6.07) is 12.0. The lowest BCUT2D eigenvalue weighted by Crippen LogP contribution is -2.13. The second-order valence-corrected chi connectivity index (χ2v) is 4.21. The minimum absolute atomic E-state index is 0.627. The van der Waals surface area contributed by atoms with Crippen molar-refractivity contribution in [2.24, 2.45) is 0 Å². The van der Waals surface area contributed by atoms with Crippen molar-refractivity contribution in [3.63, 3.8) is 0 Å². The smallest absolute Gasteiger partial charge is 0.125 e. The Bertz CT molecular complexity index is 477. The molecule has 3 heteroatoms. The van der Waals surface area contributed by atoms with Crippen LogP contribution in [0.4, 0.5) is 5.82 Å². The number of nitrogens with zero attached hydrogens (tertiary/aromatic N) is 1. The Balaban J connectivity index is 1.82. The average Bonchev–Trinajstić information content (AvgIpc) is 2.38. The van der Waals surface area contributed by atoms with E-state index < -0.39 is 0 Å². The molecule has 0 aliphatic rings. The lowest BCUT2D eigenvalue weighted by molar-refractivity contribution is 0.328. The van der Waals surface area contributed by atoms with E-state index in [1.165, 1.54) is 11.1 Å². The molecule has 18 heavy (non-hydrogen) atoms. The molecule has 0 spiro atoms. The first-order valence-electron chi connectivity index (χ1n) is 6.11. The van der Waals surface area contributed by atoms with E-state index in [0.29, 0.717) is 6.61 Å². The summed E-state index contributed by atoms with van der Waals surface area (Å²) in [5, 5.41) is 3.22. The van der Waals surface area contributed by atoms with Gasteiger partial charge in [0.05, 0.1) is 6.54 Å². The van der Waals surface area contributed by atoms with Crippen LogP contribution in [0.5, 0.6) is 5.75 Å². The van der Waals surface area contributed by atoms with E-state index in [4.69, 9.17) is 4.74 Å². The van der Waals surface area contributed by atoms with Crippen molar-refractivity contribution < 1.29 is 4.74 Å². The summed E-state index contributed by atoms with van der Waals surface area (Å²) in [5.74, 6) is 1.86. The highest BCUT2D eigenvalue weighted by molar-refractivity contribution is 5.39. The summed E-state index contributed by atoms with van der Waals surface area (Å²) in [5.41, 5.74) is 2.35. The van der Waals surface area contributed by atoms with E-state index in [9.17, 15) is 0 Å². The van der Waals surface area contributed by atoms with Crippen LogP contribution >= 0.6 is 0 Å². The molecule has 0 saturated carbocycles. The second-order valence-electron chi connectivity index (χ2n) is 4.21. The number of anilines is 1. The molecule has 0 bridgehead atoms. The van der Waals surface area contributed by atoms with Gasteiger partial charge in [0.1, 0.15) is 18.2 Å². The number of para-hydroxylation sites is 1. The number of pyridine rings is 1. The number of ether oxygens (including phenoxy) is 1. The third-order valence-corrected chi connectivity index (χ3v) is 2.73. The molecule has 0 aliphatic heterocycles. The zero-order valence-electron chi connectivity index (χ0n) is 10.8. The average molecular weight is 242 g/mol. The van der Waals surface area contributed by atoms with Crippen molar-refractivity contribution in [3.8, 4) is 5.75 Å². The van der Waals surface area contributed by atoms with Crippen LogP contribution < -0.4 is 10.1 Å². The van der Waals surface area contributed by atoms with Gasteiger partial charge in [-0.1, -0.05) is 24.3 Å². The molecule has 0 radical (unpaired) electrons. The van der Waals surface area contributed by atoms with Gasteiger partial charge in [0, 0.05) is 6.20 Å². The maximum atomic E-state index is 5.80. The zero-order chi connectivity index (χ0) is 12.8. The van der Waals surface area contributed by atoms with Gasteiger partial charge in [0.25, 0.3) is 0 Å². The minimum Gasteiger partial charge on any atom is -0.491 e. The third-order valence-electron chi connectivity index (χ3n) is 2.73. The van der Waals surface area contributed by atoms with Crippen molar-refractivity contribution in [2.45, 2.75) is 13.8 Å². The van der Waals surface area contributed by atoms with Gasteiger partial charge in [-0.3, -0.25) is 0 Å². The minimum atomic E-state index is 0.627. The van der Waals surface area contributed by atoms with Crippen LogP contribution in [0.1, 0.15) is 11.1 Å². The fourth-order valence-electron chi connectivity index (χ4n) is 1.83. The van der Waals surface area contributed by atoms with E-state index in [2.05, 4.69) is 36.3 Å². The fraction of sp³-hybridized carbons (Fsp3) is 0.267. The van der Waals surface area contributed by atoms with Crippen LogP contribution in [0.15, 0.2) is 42.6 Å². The van der Waals surface area contributed by atoms with Crippen molar-refractivity contribution in [3.05, 3.63) is 53.7 Å². The molecule has 1 heterocycles. The molecular formula is C15H18N2O. The van der Waals surface area contributed by atoms with Crippen LogP contribution in [0.3, 0.4) is 0 Å². The Kier molecular flexibility index (Phi) is 4.18. The Morgan fingerprint density at radius 2 is 1.83 bits per heavy atom. The largest absolute Gasteiger partial charge is 0.491 e.